The van der Waals surface area contributed by atoms with Gasteiger partial charge in [-0.15, -0.1) is 0 Å². The zero-order chi connectivity index (χ0) is 10.4. The number of nitrogens with zero attached hydrogens (tertiary/aromatic N) is 2. The zero-order valence-electron chi connectivity index (χ0n) is 8.63. The lowest BCUT2D eigenvalue weighted by Crippen LogP contribution is -2.44. The third kappa shape index (κ3) is 3.78. The molecule has 0 bridgehead atoms. The molecule has 0 fully saturated rings. The van der Waals surface area contributed by atoms with Crippen LogP contribution in [0, 0.1) is 0 Å². The van der Waals surface area contributed by atoms with E-state index < -0.39 is 0 Å². The highest BCUT2D eigenvalue weighted by molar-refractivity contribution is 5.83. The van der Waals surface area contributed by atoms with Crippen LogP contribution in [0.15, 0.2) is 0 Å². The first-order chi connectivity index (χ1) is 6.02. The first-order valence-electron chi connectivity index (χ1n) is 4.19. The Labute approximate surface area is 78.7 Å². The summed E-state index contributed by atoms with van der Waals surface area (Å²) in [6.45, 7) is 2.49. The van der Waals surface area contributed by atoms with Crippen molar-refractivity contribution in [3.05, 3.63) is 0 Å². The fraction of sp³-hybridized carbons (Fsp3) is 0.750. The third-order valence-electron chi connectivity index (χ3n) is 1.71. The van der Waals surface area contributed by atoms with Crippen LogP contribution in [-0.4, -0.2) is 56.0 Å². The largest absolute Gasteiger partial charge is 0.347 e. The van der Waals surface area contributed by atoms with Crippen molar-refractivity contribution in [3.63, 3.8) is 0 Å². The lowest BCUT2D eigenvalue weighted by Gasteiger charge is -2.21. The lowest BCUT2D eigenvalue weighted by atomic mass is 10.4. The second kappa shape index (κ2) is 5.40. The van der Waals surface area contributed by atoms with Crippen LogP contribution in [-0.2, 0) is 4.79 Å². The Balaban J connectivity index is 4.13. The summed E-state index contributed by atoms with van der Waals surface area (Å²) in [4.78, 5) is 25.3. The van der Waals surface area contributed by atoms with E-state index in [1.165, 1.54) is 9.80 Å². The molecule has 0 radical (unpaired) electrons. The van der Waals surface area contributed by atoms with E-state index in [0.29, 0.717) is 6.54 Å². The second-order valence-electron chi connectivity index (χ2n) is 2.86. The maximum atomic E-state index is 11.2. The third-order valence-corrected chi connectivity index (χ3v) is 1.71. The molecule has 0 saturated heterocycles. The van der Waals surface area contributed by atoms with Crippen molar-refractivity contribution in [1.29, 1.82) is 0 Å². The molecule has 5 heteroatoms. The molecule has 5 nitrogen and oxygen atoms in total. The summed E-state index contributed by atoms with van der Waals surface area (Å²) in [7, 11) is 4.88. The summed E-state index contributed by atoms with van der Waals surface area (Å²) in [5.74, 6) is -0.0783. The van der Waals surface area contributed by atoms with Gasteiger partial charge in [0.15, 0.2) is 0 Å². The van der Waals surface area contributed by atoms with Crippen molar-refractivity contribution < 1.29 is 9.59 Å². The summed E-state index contributed by atoms with van der Waals surface area (Å²) in [5.41, 5.74) is 0. The van der Waals surface area contributed by atoms with Gasteiger partial charge in [-0.05, 0) is 6.92 Å². The summed E-state index contributed by atoms with van der Waals surface area (Å²) < 4.78 is 0. The molecule has 76 valence electrons. The SMILES string of the molecule is CCN(CC(=O)N(C)C)C(=O)NC. The zero-order valence-corrected chi connectivity index (χ0v) is 8.63. The molecule has 0 aliphatic rings. The van der Waals surface area contributed by atoms with Crippen LogP contribution in [0.1, 0.15) is 6.92 Å². The van der Waals surface area contributed by atoms with Gasteiger partial charge in [-0.2, -0.15) is 0 Å². The van der Waals surface area contributed by atoms with Crippen LogP contribution in [0.2, 0.25) is 0 Å². The second-order valence-corrected chi connectivity index (χ2v) is 2.86. The first kappa shape index (κ1) is 11.7. The Bertz CT molecular complexity index is 192. The number of hydrogen-bond acceptors (Lipinski definition) is 2. The minimum atomic E-state index is -0.224. The average Bonchev–Trinajstić information content (AvgIpc) is 2.12. The average molecular weight is 187 g/mol. The fourth-order valence-corrected chi connectivity index (χ4v) is 0.790. The van der Waals surface area contributed by atoms with Crippen molar-refractivity contribution in [1.82, 2.24) is 15.1 Å². The van der Waals surface area contributed by atoms with Crippen molar-refractivity contribution >= 4 is 11.9 Å². The summed E-state index contributed by atoms with van der Waals surface area (Å²) >= 11 is 0. The molecular weight excluding hydrogens is 170 g/mol. The topological polar surface area (TPSA) is 52.7 Å². The van der Waals surface area contributed by atoms with Crippen molar-refractivity contribution in [2.75, 3.05) is 34.2 Å². The molecule has 0 unspecified atom stereocenters. The Morgan fingerprint density at radius 1 is 1.31 bits per heavy atom. The Morgan fingerprint density at radius 2 is 1.85 bits per heavy atom. The van der Waals surface area contributed by atoms with Gasteiger partial charge in [0, 0.05) is 27.7 Å². The Hall–Kier alpha value is -1.26. The first-order valence-corrected chi connectivity index (χ1v) is 4.19. The fourth-order valence-electron chi connectivity index (χ4n) is 0.790. The van der Waals surface area contributed by atoms with Gasteiger partial charge in [-0.1, -0.05) is 0 Å². The predicted octanol–water partition coefficient (Wildman–Crippen LogP) is -0.264. The number of urea groups is 1. The van der Waals surface area contributed by atoms with E-state index in [0.717, 1.165) is 0 Å². The van der Waals surface area contributed by atoms with Crippen molar-refractivity contribution in [3.8, 4) is 0 Å². The number of nitrogens with one attached hydrogen (secondary N) is 1. The molecule has 0 aliphatic carbocycles. The standard InChI is InChI=1S/C8H17N3O2/c1-5-11(8(13)9-2)6-7(12)10(3)4/h5-6H2,1-4H3,(H,9,13). The number of carbonyl (C=O) groups excluding carboxylic acids is 2. The van der Waals surface area contributed by atoms with Gasteiger partial charge in [-0.3, -0.25) is 4.79 Å². The Morgan fingerprint density at radius 3 is 2.15 bits per heavy atom. The molecule has 0 saturated carbocycles. The molecule has 0 aromatic rings. The highest BCUT2D eigenvalue weighted by Crippen LogP contribution is 1.90. The van der Waals surface area contributed by atoms with Gasteiger partial charge in [-0.25, -0.2) is 4.79 Å². The van der Waals surface area contributed by atoms with Crippen LogP contribution in [0.25, 0.3) is 0 Å². The minimum Gasteiger partial charge on any atom is -0.347 e. The van der Waals surface area contributed by atoms with Crippen LogP contribution < -0.4 is 5.32 Å². The van der Waals surface area contributed by atoms with Crippen LogP contribution in [0.3, 0.4) is 0 Å². The van der Waals surface area contributed by atoms with Crippen molar-refractivity contribution in [2.24, 2.45) is 0 Å². The molecule has 0 heterocycles. The predicted molar refractivity (Wildman–Crippen MR) is 50.4 cm³/mol. The van der Waals surface area contributed by atoms with Gasteiger partial charge in [0.05, 0.1) is 0 Å². The van der Waals surface area contributed by atoms with E-state index in [4.69, 9.17) is 0 Å². The van der Waals surface area contributed by atoms with E-state index >= 15 is 0 Å². The van der Waals surface area contributed by atoms with E-state index in [9.17, 15) is 9.59 Å². The molecule has 0 rings (SSSR count). The smallest absolute Gasteiger partial charge is 0.317 e. The molecule has 13 heavy (non-hydrogen) atoms. The van der Waals surface area contributed by atoms with Crippen LogP contribution >= 0.6 is 0 Å². The van der Waals surface area contributed by atoms with E-state index in [1.807, 2.05) is 6.92 Å². The maximum Gasteiger partial charge on any atom is 0.317 e. The number of likely N-dealkylation sites (N-methyl/N-ethyl adjacent to an activating group) is 2. The normalized spacial score (nSPS) is 9.23. The summed E-state index contributed by atoms with van der Waals surface area (Å²) in [6.07, 6.45) is 0. The number of hydrogen-bond donors (Lipinski definition) is 1. The van der Waals surface area contributed by atoms with Gasteiger partial charge in [0.2, 0.25) is 5.91 Å². The molecular formula is C8H17N3O2. The highest BCUT2D eigenvalue weighted by Gasteiger charge is 2.14. The van der Waals surface area contributed by atoms with E-state index in [-0.39, 0.29) is 18.5 Å². The maximum absolute atomic E-state index is 11.2. The quantitative estimate of drug-likeness (QED) is 0.661. The molecule has 0 aromatic heterocycles. The van der Waals surface area contributed by atoms with Gasteiger partial charge in [0.1, 0.15) is 6.54 Å². The molecule has 1 N–H and O–H groups in total. The van der Waals surface area contributed by atoms with Gasteiger partial charge in [0.25, 0.3) is 0 Å². The lowest BCUT2D eigenvalue weighted by molar-refractivity contribution is -0.129. The number of carbonyl (C=O) groups is 2. The monoisotopic (exact) mass is 187 g/mol. The highest BCUT2D eigenvalue weighted by atomic mass is 16.2. The Kier molecular flexibility index (Phi) is 4.87. The van der Waals surface area contributed by atoms with E-state index in [2.05, 4.69) is 5.32 Å². The molecule has 0 spiro atoms. The molecule has 0 aromatic carbocycles. The number of rotatable bonds is 3. The van der Waals surface area contributed by atoms with Gasteiger partial charge >= 0.3 is 6.03 Å². The molecule has 0 aliphatic heterocycles. The van der Waals surface area contributed by atoms with Gasteiger partial charge < -0.3 is 15.1 Å². The summed E-state index contributed by atoms with van der Waals surface area (Å²) in [5, 5.41) is 2.48. The molecule has 0 atom stereocenters. The summed E-state index contributed by atoms with van der Waals surface area (Å²) in [6, 6.07) is -0.224. The van der Waals surface area contributed by atoms with Crippen LogP contribution in [0.5, 0.6) is 0 Å². The van der Waals surface area contributed by atoms with Crippen LogP contribution in [0.4, 0.5) is 4.79 Å². The van der Waals surface area contributed by atoms with E-state index in [1.54, 1.807) is 21.1 Å². The molecule has 3 amide bonds. The van der Waals surface area contributed by atoms with Crippen molar-refractivity contribution in [2.45, 2.75) is 6.92 Å². The number of amides is 3. The minimum absolute atomic E-state index is 0.0783.